The maximum Gasteiger partial charge on any atom is 0.227 e. The second-order valence-corrected chi connectivity index (χ2v) is 4.81. The van der Waals surface area contributed by atoms with Gasteiger partial charge in [0.2, 0.25) is 17.8 Å². The molecule has 1 heterocycles. The summed E-state index contributed by atoms with van der Waals surface area (Å²) in [5, 5.41) is 9.89. The number of benzene rings is 2. The molecule has 21 heavy (non-hydrogen) atoms. The largest absolute Gasteiger partial charge is 0.287 e. The summed E-state index contributed by atoms with van der Waals surface area (Å²) in [6.07, 6.45) is 1.91. The van der Waals surface area contributed by atoms with Crippen LogP contribution >= 0.6 is 0 Å². The minimum atomic E-state index is 0.0286. The molecule has 100 valence electrons. The molecule has 0 N–H and O–H groups in total. The Balaban J connectivity index is 1.91. The lowest BCUT2D eigenvalue weighted by molar-refractivity contribution is -0.657. The number of nitriles is 1. The molecule has 3 rings (SSSR count). The summed E-state index contributed by atoms with van der Waals surface area (Å²) in [6, 6.07) is 20.7. The van der Waals surface area contributed by atoms with E-state index in [0.717, 1.165) is 10.9 Å². The van der Waals surface area contributed by atoms with E-state index >= 15 is 0 Å². The highest BCUT2D eigenvalue weighted by molar-refractivity contribution is 5.95. The number of pyridine rings is 1. The number of carbonyl (C=O) groups excluding carboxylic acids is 1. The van der Waals surface area contributed by atoms with E-state index < -0.39 is 0 Å². The van der Waals surface area contributed by atoms with Gasteiger partial charge in [-0.1, -0.05) is 12.1 Å². The number of ketones is 1. The Hall–Kier alpha value is -2.99. The fourth-order valence-corrected chi connectivity index (χ4v) is 2.34. The van der Waals surface area contributed by atoms with Crippen molar-refractivity contribution in [2.75, 3.05) is 0 Å². The lowest BCUT2D eigenvalue weighted by atomic mass is 10.1. The molecule has 0 unspecified atom stereocenters. The van der Waals surface area contributed by atoms with E-state index in [4.69, 9.17) is 5.26 Å². The molecule has 0 amide bonds. The first-order chi connectivity index (χ1) is 10.3. The quantitative estimate of drug-likeness (QED) is 0.544. The minimum absolute atomic E-state index is 0.0286. The highest BCUT2D eigenvalue weighted by atomic mass is 16.1. The smallest absolute Gasteiger partial charge is 0.227 e. The molecule has 0 aliphatic carbocycles. The van der Waals surface area contributed by atoms with E-state index in [1.807, 2.05) is 47.2 Å². The van der Waals surface area contributed by atoms with Gasteiger partial charge in [-0.3, -0.25) is 4.79 Å². The topological polar surface area (TPSA) is 44.7 Å². The van der Waals surface area contributed by atoms with Crippen LogP contribution in [0.1, 0.15) is 15.9 Å². The molecule has 1 aromatic heterocycles. The SMILES string of the molecule is N#Cc1ccc(C(=O)C[n+]2cccc3ccccc32)cc1. The third-order valence-electron chi connectivity index (χ3n) is 3.44. The van der Waals surface area contributed by atoms with Gasteiger partial charge in [-0.2, -0.15) is 9.83 Å². The van der Waals surface area contributed by atoms with Crippen molar-refractivity contribution in [1.29, 1.82) is 5.26 Å². The summed E-state index contributed by atoms with van der Waals surface area (Å²) in [6.45, 7) is 0.285. The molecule has 0 fully saturated rings. The number of hydrogen-bond acceptors (Lipinski definition) is 2. The zero-order valence-electron chi connectivity index (χ0n) is 11.4. The lowest BCUT2D eigenvalue weighted by Gasteiger charge is -2.01. The van der Waals surface area contributed by atoms with Crippen LogP contribution in [-0.2, 0) is 6.54 Å². The number of rotatable bonds is 3. The van der Waals surface area contributed by atoms with E-state index in [0.29, 0.717) is 11.1 Å². The van der Waals surface area contributed by atoms with E-state index in [2.05, 4.69) is 6.07 Å². The third kappa shape index (κ3) is 2.65. The predicted octanol–water partition coefficient (Wildman–Crippen LogP) is 2.88. The van der Waals surface area contributed by atoms with Crippen LogP contribution in [0, 0.1) is 11.3 Å². The average Bonchev–Trinajstić information content (AvgIpc) is 2.55. The number of para-hydroxylation sites is 1. The lowest BCUT2D eigenvalue weighted by Crippen LogP contribution is -2.38. The van der Waals surface area contributed by atoms with Gasteiger partial charge in [-0.25, -0.2) is 0 Å². The first kappa shape index (κ1) is 13.0. The molecule has 3 heteroatoms. The maximum atomic E-state index is 12.4. The van der Waals surface area contributed by atoms with Crippen molar-refractivity contribution in [1.82, 2.24) is 0 Å². The van der Waals surface area contributed by atoms with Crippen molar-refractivity contribution in [3.05, 3.63) is 78.0 Å². The van der Waals surface area contributed by atoms with Crippen LogP contribution in [0.4, 0.5) is 0 Å². The highest BCUT2D eigenvalue weighted by Crippen LogP contribution is 2.09. The van der Waals surface area contributed by atoms with Crippen LogP contribution < -0.4 is 4.57 Å². The van der Waals surface area contributed by atoms with E-state index in [1.165, 1.54) is 0 Å². The second kappa shape index (κ2) is 5.56. The van der Waals surface area contributed by atoms with Crippen molar-refractivity contribution in [3.63, 3.8) is 0 Å². The predicted molar refractivity (Wildman–Crippen MR) is 79.6 cm³/mol. The van der Waals surface area contributed by atoms with E-state index in [9.17, 15) is 4.79 Å². The molecule has 3 nitrogen and oxygen atoms in total. The van der Waals surface area contributed by atoms with Crippen LogP contribution in [0.5, 0.6) is 0 Å². The van der Waals surface area contributed by atoms with Gasteiger partial charge in [0, 0.05) is 23.1 Å². The third-order valence-corrected chi connectivity index (χ3v) is 3.44. The number of aromatic nitrogens is 1. The molecule has 2 aromatic carbocycles. The highest BCUT2D eigenvalue weighted by Gasteiger charge is 2.14. The molecule has 0 saturated heterocycles. The Morgan fingerprint density at radius 1 is 1.00 bits per heavy atom. The molecule has 0 aliphatic heterocycles. The number of hydrogen-bond donors (Lipinski definition) is 0. The van der Waals surface area contributed by atoms with Gasteiger partial charge in [0.15, 0.2) is 6.20 Å². The molecule has 0 atom stereocenters. The summed E-state index contributed by atoms with van der Waals surface area (Å²) in [7, 11) is 0. The van der Waals surface area contributed by atoms with Gasteiger partial charge in [0.1, 0.15) is 0 Å². The molecule has 0 spiro atoms. The molecule has 0 aliphatic rings. The van der Waals surface area contributed by atoms with Crippen molar-refractivity contribution >= 4 is 16.7 Å². The monoisotopic (exact) mass is 273 g/mol. The van der Waals surface area contributed by atoms with Gasteiger partial charge >= 0.3 is 0 Å². The summed E-state index contributed by atoms with van der Waals surface area (Å²) >= 11 is 0. The zero-order valence-corrected chi connectivity index (χ0v) is 11.4. The van der Waals surface area contributed by atoms with Crippen molar-refractivity contribution in [3.8, 4) is 6.07 Å². The normalized spacial score (nSPS) is 10.2. The van der Waals surface area contributed by atoms with Crippen LogP contribution in [0.2, 0.25) is 0 Å². The second-order valence-electron chi connectivity index (χ2n) is 4.81. The molecule has 3 aromatic rings. The van der Waals surface area contributed by atoms with Gasteiger partial charge in [-0.05, 0) is 36.4 Å². The number of nitrogens with zero attached hydrogens (tertiary/aromatic N) is 2. The van der Waals surface area contributed by atoms with Crippen LogP contribution in [0.3, 0.4) is 0 Å². The zero-order chi connectivity index (χ0) is 14.7. The van der Waals surface area contributed by atoms with Crippen molar-refractivity contribution < 1.29 is 9.36 Å². The minimum Gasteiger partial charge on any atom is -0.287 e. The van der Waals surface area contributed by atoms with Crippen LogP contribution in [-0.4, -0.2) is 5.78 Å². The Labute approximate surface area is 122 Å². The van der Waals surface area contributed by atoms with Crippen LogP contribution in [0.25, 0.3) is 10.9 Å². The van der Waals surface area contributed by atoms with Gasteiger partial charge < -0.3 is 0 Å². The first-order valence-electron chi connectivity index (χ1n) is 6.68. The van der Waals surface area contributed by atoms with Gasteiger partial charge in [0.05, 0.1) is 11.6 Å². The van der Waals surface area contributed by atoms with Gasteiger partial charge in [-0.15, -0.1) is 0 Å². The Morgan fingerprint density at radius 2 is 1.71 bits per heavy atom. The Kier molecular flexibility index (Phi) is 3.44. The molecular formula is C18H13N2O+. The molecule has 0 saturated carbocycles. The summed E-state index contributed by atoms with van der Waals surface area (Å²) < 4.78 is 1.94. The van der Waals surface area contributed by atoms with Crippen LogP contribution in [0.15, 0.2) is 66.9 Å². The Morgan fingerprint density at radius 3 is 2.48 bits per heavy atom. The Bertz CT molecular complexity index is 840. The van der Waals surface area contributed by atoms with Crippen molar-refractivity contribution in [2.24, 2.45) is 0 Å². The average molecular weight is 273 g/mol. The summed E-state index contributed by atoms with van der Waals surface area (Å²) in [5.74, 6) is 0.0286. The van der Waals surface area contributed by atoms with E-state index in [1.54, 1.807) is 24.3 Å². The standard InChI is InChI=1S/C18H13N2O/c19-12-14-7-9-16(10-8-14)18(21)13-20-11-3-5-15-4-1-2-6-17(15)20/h1-11H,13H2/q+1. The number of carbonyl (C=O) groups is 1. The molecule has 0 radical (unpaired) electrons. The fourth-order valence-electron chi connectivity index (χ4n) is 2.34. The number of fused-ring (bicyclic) bond motifs is 1. The number of Topliss-reactive ketones (excluding diaryl/α,β-unsaturated/α-hetero) is 1. The van der Waals surface area contributed by atoms with Crippen molar-refractivity contribution in [2.45, 2.75) is 6.54 Å². The fraction of sp³-hybridized carbons (Fsp3) is 0.0556. The van der Waals surface area contributed by atoms with Gasteiger partial charge in [0.25, 0.3) is 0 Å². The summed E-state index contributed by atoms with van der Waals surface area (Å²) in [5.41, 5.74) is 2.21. The summed E-state index contributed by atoms with van der Waals surface area (Å²) in [4.78, 5) is 12.4. The first-order valence-corrected chi connectivity index (χ1v) is 6.68. The molecule has 0 bridgehead atoms. The van der Waals surface area contributed by atoms with E-state index in [-0.39, 0.29) is 12.3 Å². The maximum absolute atomic E-state index is 12.4. The molecular weight excluding hydrogens is 260 g/mol.